The van der Waals surface area contributed by atoms with Gasteiger partial charge in [0.15, 0.2) is 0 Å². The van der Waals surface area contributed by atoms with Crippen molar-refractivity contribution in [2.24, 2.45) is 5.92 Å². The molecule has 0 aromatic carbocycles. The topological polar surface area (TPSA) is 66.4 Å². The van der Waals surface area contributed by atoms with Crippen LogP contribution >= 0.6 is 27.3 Å². The standard InChI is InChI=1S/C9H12BrNO3S2/c10-9-8(3-7(5-12)15-9)16(13,14)11-4-6-1-2-6/h3,6,11-12H,1-2,4-5H2. The number of aliphatic hydroxyl groups excluding tert-OH is 1. The molecule has 0 radical (unpaired) electrons. The largest absolute Gasteiger partial charge is 0.391 e. The lowest BCUT2D eigenvalue weighted by atomic mass is 10.4. The van der Waals surface area contributed by atoms with Gasteiger partial charge in [0, 0.05) is 11.4 Å². The van der Waals surface area contributed by atoms with Crippen LogP contribution in [0.3, 0.4) is 0 Å². The minimum Gasteiger partial charge on any atom is -0.391 e. The fourth-order valence-electron chi connectivity index (χ4n) is 1.29. The van der Waals surface area contributed by atoms with E-state index in [2.05, 4.69) is 20.7 Å². The third-order valence-corrected chi connectivity index (χ3v) is 6.07. The Bertz CT molecular complexity index is 479. The first-order chi connectivity index (χ1) is 7.53. The van der Waals surface area contributed by atoms with Gasteiger partial charge in [-0.3, -0.25) is 0 Å². The number of halogens is 1. The van der Waals surface area contributed by atoms with Crippen molar-refractivity contribution >= 4 is 37.3 Å². The zero-order chi connectivity index (χ0) is 11.8. The molecule has 1 aromatic rings. The molecular formula is C9H12BrNO3S2. The molecule has 0 aliphatic heterocycles. The average molecular weight is 326 g/mol. The maximum absolute atomic E-state index is 11.9. The van der Waals surface area contributed by atoms with E-state index in [1.54, 1.807) is 0 Å². The van der Waals surface area contributed by atoms with Crippen molar-refractivity contribution in [2.75, 3.05) is 6.54 Å². The van der Waals surface area contributed by atoms with Gasteiger partial charge in [0.1, 0.15) is 4.90 Å². The zero-order valence-corrected chi connectivity index (χ0v) is 11.7. The second-order valence-corrected chi connectivity index (χ2v) is 7.99. The Kier molecular flexibility index (Phi) is 3.70. The third-order valence-electron chi connectivity index (χ3n) is 2.41. The summed E-state index contributed by atoms with van der Waals surface area (Å²) >= 11 is 4.44. The first kappa shape index (κ1) is 12.5. The number of aliphatic hydroxyl groups is 1. The van der Waals surface area contributed by atoms with Crippen LogP contribution < -0.4 is 4.72 Å². The predicted molar refractivity (Wildman–Crippen MR) is 65.9 cm³/mol. The van der Waals surface area contributed by atoms with Crippen LogP contribution in [0.25, 0.3) is 0 Å². The third kappa shape index (κ3) is 2.84. The van der Waals surface area contributed by atoms with Gasteiger partial charge in [-0.2, -0.15) is 0 Å². The maximum Gasteiger partial charge on any atom is 0.242 e. The van der Waals surface area contributed by atoms with Crippen LogP contribution in [0.4, 0.5) is 0 Å². The second kappa shape index (κ2) is 4.73. The SMILES string of the molecule is O=S(=O)(NCC1CC1)c1cc(CO)sc1Br. The summed E-state index contributed by atoms with van der Waals surface area (Å²) in [6, 6.07) is 1.50. The van der Waals surface area contributed by atoms with Gasteiger partial charge in [-0.15, -0.1) is 11.3 Å². The van der Waals surface area contributed by atoms with Gasteiger partial charge in [-0.05, 0) is 40.8 Å². The molecule has 0 bridgehead atoms. The smallest absolute Gasteiger partial charge is 0.242 e. The Hall–Kier alpha value is 0.0500. The molecule has 1 aliphatic rings. The summed E-state index contributed by atoms with van der Waals surface area (Å²) in [4.78, 5) is 0.862. The van der Waals surface area contributed by atoms with E-state index in [9.17, 15) is 8.42 Å². The van der Waals surface area contributed by atoms with Crippen molar-refractivity contribution < 1.29 is 13.5 Å². The number of sulfonamides is 1. The molecule has 1 fully saturated rings. The summed E-state index contributed by atoms with van der Waals surface area (Å²) in [6.07, 6.45) is 2.21. The number of thiophene rings is 1. The Morgan fingerprint density at radius 1 is 1.56 bits per heavy atom. The molecule has 2 N–H and O–H groups in total. The molecule has 0 atom stereocenters. The molecular weight excluding hydrogens is 314 g/mol. The molecule has 16 heavy (non-hydrogen) atoms. The van der Waals surface area contributed by atoms with E-state index < -0.39 is 10.0 Å². The van der Waals surface area contributed by atoms with Gasteiger partial charge in [0.05, 0.1) is 10.4 Å². The molecule has 7 heteroatoms. The Morgan fingerprint density at radius 3 is 2.75 bits per heavy atom. The number of hydrogen-bond donors (Lipinski definition) is 2. The van der Waals surface area contributed by atoms with E-state index in [0.717, 1.165) is 12.8 Å². The zero-order valence-electron chi connectivity index (χ0n) is 8.44. The van der Waals surface area contributed by atoms with Crippen LogP contribution in [-0.4, -0.2) is 20.1 Å². The summed E-state index contributed by atoms with van der Waals surface area (Å²) in [5, 5.41) is 8.94. The lowest BCUT2D eigenvalue weighted by molar-refractivity contribution is 0.285. The highest BCUT2D eigenvalue weighted by atomic mass is 79.9. The van der Waals surface area contributed by atoms with Crippen LogP contribution in [0.5, 0.6) is 0 Å². The molecule has 2 rings (SSSR count). The minimum absolute atomic E-state index is 0.137. The Morgan fingerprint density at radius 2 is 2.25 bits per heavy atom. The normalized spacial score (nSPS) is 16.6. The van der Waals surface area contributed by atoms with Crippen LogP contribution in [0, 0.1) is 5.92 Å². The number of nitrogens with one attached hydrogen (secondary N) is 1. The quantitative estimate of drug-likeness (QED) is 0.865. The van der Waals surface area contributed by atoms with Crippen molar-refractivity contribution in [3.8, 4) is 0 Å². The van der Waals surface area contributed by atoms with Crippen molar-refractivity contribution in [3.05, 3.63) is 14.7 Å². The summed E-state index contributed by atoms with van der Waals surface area (Å²) in [5.74, 6) is 0.504. The van der Waals surface area contributed by atoms with Crippen LogP contribution in [0.1, 0.15) is 17.7 Å². The van der Waals surface area contributed by atoms with E-state index in [1.165, 1.54) is 17.4 Å². The fourth-order valence-corrected chi connectivity index (χ4v) is 4.94. The van der Waals surface area contributed by atoms with Crippen molar-refractivity contribution in [3.63, 3.8) is 0 Å². The Labute approximate surface area is 107 Å². The molecule has 0 saturated heterocycles. The van der Waals surface area contributed by atoms with Gasteiger partial charge in [-0.1, -0.05) is 0 Å². The number of rotatable bonds is 5. The molecule has 1 aromatic heterocycles. The maximum atomic E-state index is 11.9. The second-order valence-electron chi connectivity index (χ2n) is 3.80. The van der Waals surface area contributed by atoms with Crippen molar-refractivity contribution in [2.45, 2.75) is 24.3 Å². The van der Waals surface area contributed by atoms with Gasteiger partial charge >= 0.3 is 0 Å². The fraction of sp³-hybridized carbons (Fsp3) is 0.556. The monoisotopic (exact) mass is 325 g/mol. The van der Waals surface area contributed by atoms with Crippen molar-refractivity contribution in [1.82, 2.24) is 4.72 Å². The first-order valence-corrected chi connectivity index (χ1v) is 8.01. The number of hydrogen-bond acceptors (Lipinski definition) is 4. The summed E-state index contributed by atoms with van der Waals surface area (Å²) in [6.45, 7) is 0.375. The molecule has 0 spiro atoms. The lowest BCUT2D eigenvalue weighted by Gasteiger charge is -2.03. The average Bonchev–Trinajstić information content (AvgIpc) is 2.98. The molecule has 1 heterocycles. The van der Waals surface area contributed by atoms with Gasteiger partial charge in [0.25, 0.3) is 0 Å². The first-order valence-electron chi connectivity index (χ1n) is 4.91. The molecule has 0 unspecified atom stereocenters. The van der Waals surface area contributed by atoms with Crippen LogP contribution in [0.15, 0.2) is 14.7 Å². The van der Waals surface area contributed by atoms with Gasteiger partial charge in [0.2, 0.25) is 10.0 Å². The lowest BCUT2D eigenvalue weighted by Crippen LogP contribution is -2.25. The molecule has 1 saturated carbocycles. The van der Waals surface area contributed by atoms with E-state index >= 15 is 0 Å². The van der Waals surface area contributed by atoms with E-state index in [-0.39, 0.29) is 11.5 Å². The molecule has 0 amide bonds. The van der Waals surface area contributed by atoms with E-state index in [4.69, 9.17) is 5.11 Å². The molecule has 1 aliphatic carbocycles. The summed E-state index contributed by atoms with van der Waals surface area (Å²) in [5.41, 5.74) is 0. The molecule has 90 valence electrons. The van der Waals surface area contributed by atoms with Crippen LogP contribution in [-0.2, 0) is 16.6 Å². The Balaban J connectivity index is 2.16. The van der Waals surface area contributed by atoms with Crippen molar-refractivity contribution in [1.29, 1.82) is 0 Å². The highest BCUT2D eigenvalue weighted by Gasteiger charge is 2.26. The van der Waals surface area contributed by atoms with Gasteiger partial charge < -0.3 is 5.11 Å². The predicted octanol–water partition coefficient (Wildman–Crippen LogP) is 1.69. The van der Waals surface area contributed by atoms with Gasteiger partial charge in [-0.25, -0.2) is 13.1 Å². The van der Waals surface area contributed by atoms with E-state index in [0.29, 0.717) is 21.1 Å². The minimum atomic E-state index is -3.43. The highest BCUT2D eigenvalue weighted by Crippen LogP contribution is 2.32. The summed E-state index contributed by atoms with van der Waals surface area (Å²) in [7, 11) is -3.43. The summed E-state index contributed by atoms with van der Waals surface area (Å²) < 4.78 is 26.9. The van der Waals surface area contributed by atoms with Crippen LogP contribution in [0.2, 0.25) is 0 Å². The highest BCUT2D eigenvalue weighted by molar-refractivity contribution is 9.11. The van der Waals surface area contributed by atoms with E-state index in [1.807, 2.05) is 0 Å². The molecule has 4 nitrogen and oxygen atoms in total.